The molecule has 1 heterocycles. The number of nitrogens with zero attached hydrogens (tertiary/aromatic N) is 2. The predicted molar refractivity (Wildman–Crippen MR) is 188 cm³/mol. The van der Waals surface area contributed by atoms with Crippen LogP contribution in [0.2, 0.25) is 0 Å². The van der Waals surface area contributed by atoms with Gasteiger partial charge in [-0.15, -0.1) is 0 Å². The third-order valence-corrected chi connectivity index (χ3v) is 11.6. The van der Waals surface area contributed by atoms with Gasteiger partial charge in [-0.2, -0.15) is 5.06 Å². The van der Waals surface area contributed by atoms with Crippen molar-refractivity contribution in [1.82, 2.24) is 21.0 Å². The van der Waals surface area contributed by atoms with E-state index in [1.54, 1.807) is 14.0 Å². The lowest BCUT2D eigenvalue weighted by Gasteiger charge is -2.62. The second-order valence-electron chi connectivity index (χ2n) is 15.4. The summed E-state index contributed by atoms with van der Waals surface area (Å²) in [7, 11) is 5.57. The number of hydroxylamine groups is 2. The van der Waals surface area contributed by atoms with Crippen LogP contribution >= 0.6 is 0 Å². The minimum Gasteiger partial charge on any atom is -0.393 e. The standard InChI is InChI=1S/C38H57N5O4/c1-21(2)40-19-33-34(24(5)44)35(37(46)41-32-18-28-17-31(23(32)4)38(28,6)7)43(47-33)20-25-12-11-13-30(22(25)3)26-14-27(36(45)39-8)16-29(15-26)42(9)10/h11-16,21,23-24,28,31-35,40,44H,17-20H2,1-10H3,(H,39,45)(H,41,46)/t23-,24-,28+,31-,32-,33-,34+,35-/m0/s1. The molecule has 0 unspecified atom stereocenters. The van der Waals surface area contributed by atoms with Crippen molar-refractivity contribution in [3.8, 4) is 11.1 Å². The van der Waals surface area contributed by atoms with Gasteiger partial charge in [0, 0.05) is 56.9 Å². The summed E-state index contributed by atoms with van der Waals surface area (Å²) in [4.78, 5) is 35.6. The molecule has 2 aromatic carbocycles. The van der Waals surface area contributed by atoms with E-state index < -0.39 is 18.1 Å². The minimum atomic E-state index is -0.741. The highest BCUT2D eigenvalue weighted by Crippen LogP contribution is 2.61. The van der Waals surface area contributed by atoms with Crippen molar-refractivity contribution >= 4 is 17.5 Å². The van der Waals surface area contributed by atoms with Gasteiger partial charge in [-0.25, -0.2) is 0 Å². The SMILES string of the molecule is CNC(=O)c1cc(-c2cccc(CN3O[C@@H](CNC(C)C)[C@@H]([C@H](C)O)[C@H]3C(=O)N[C@H]3C[C@H]4C[C@@H]([C@@H]3C)C4(C)C)c2C)cc(N(C)C)c1. The Kier molecular flexibility index (Phi) is 10.4. The fourth-order valence-electron chi connectivity index (χ4n) is 8.49. The van der Waals surface area contributed by atoms with E-state index in [1.165, 1.54) is 6.42 Å². The fourth-order valence-corrected chi connectivity index (χ4v) is 8.49. The van der Waals surface area contributed by atoms with Gasteiger partial charge >= 0.3 is 0 Å². The van der Waals surface area contributed by atoms with Gasteiger partial charge in [0.1, 0.15) is 6.04 Å². The van der Waals surface area contributed by atoms with Crippen LogP contribution in [0.4, 0.5) is 5.69 Å². The first-order chi connectivity index (χ1) is 22.1. The molecule has 47 heavy (non-hydrogen) atoms. The van der Waals surface area contributed by atoms with Crippen LogP contribution in [0.15, 0.2) is 36.4 Å². The van der Waals surface area contributed by atoms with Crippen molar-refractivity contribution in [2.75, 3.05) is 32.6 Å². The molecule has 4 fully saturated rings. The number of rotatable bonds is 11. The molecule has 3 aliphatic carbocycles. The zero-order valence-electron chi connectivity index (χ0n) is 30.1. The van der Waals surface area contributed by atoms with Crippen molar-refractivity contribution in [2.24, 2.45) is 29.1 Å². The van der Waals surface area contributed by atoms with E-state index in [0.29, 0.717) is 41.8 Å². The fraction of sp³-hybridized carbons (Fsp3) is 0.632. The first-order valence-electron chi connectivity index (χ1n) is 17.4. The average Bonchev–Trinajstić information content (AvgIpc) is 3.39. The number of fused-ring (bicyclic) bond motifs is 2. The third kappa shape index (κ3) is 6.95. The molecule has 3 saturated carbocycles. The Labute approximate surface area is 281 Å². The maximum Gasteiger partial charge on any atom is 0.251 e. The summed E-state index contributed by atoms with van der Waals surface area (Å²) in [6, 6.07) is 11.8. The number of aliphatic hydroxyl groups excluding tert-OH is 1. The summed E-state index contributed by atoms with van der Waals surface area (Å²) in [5, 5.41) is 22.6. The number of carbonyl (C=O) groups excluding carboxylic acids is 2. The lowest BCUT2D eigenvalue weighted by molar-refractivity contribution is -0.176. The highest BCUT2D eigenvalue weighted by atomic mass is 16.7. The lowest BCUT2D eigenvalue weighted by Crippen LogP contribution is -2.62. The molecule has 9 heteroatoms. The van der Waals surface area contributed by atoms with Crippen LogP contribution in [0, 0.1) is 36.0 Å². The van der Waals surface area contributed by atoms with Crippen molar-refractivity contribution in [1.29, 1.82) is 0 Å². The molecule has 2 bridgehead atoms. The van der Waals surface area contributed by atoms with Crippen molar-refractivity contribution < 1.29 is 19.5 Å². The van der Waals surface area contributed by atoms with Crippen LogP contribution in [0.3, 0.4) is 0 Å². The van der Waals surface area contributed by atoms with E-state index >= 15 is 0 Å². The monoisotopic (exact) mass is 647 g/mol. The zero-order chi connectivity index (χ0) is 34.4. The Hall–Kier alpha value is -2.98. The second-order valence-corrected chi connectivity index (χ2v) is 15.4. The Morgan fingerprint density at radius 3 is 2.45 bits per heavy atom. The molecule has 0 aromatic heterocycles. The molecule has 1 aliphatic heterocycles. The molecule has 2 amide bonds. The highest BCUT2D eigenvalue weighted by Gasteiger charge is 2.57. The molecule has 4 aliphatic rings. The van der Waals surface area contributed by atoms with Crippen LogP contribution in [-0.4, -0.2) is 80.0 Å². The van der Waals surface area contributed by atoms with Gasteiger partial charge in [0.25, 0.3) is 5.91 Å². The molecule has 6 rings (SSSR count). The summed E-state index contributed by atoms with van der Waals surface area (Å²) < 4.78 is 0. The highest BCUT2D eigenvalue weighted by molar-refractivity contribution is 5.96. The summed E-state index contributed by atoms with van der Waals surface area (Å²) in [6.45, 7) is 16.0. The first-order valence-corrected chi connectivity index (χ1v) is 17.4. The molecule has 8 atom stereocenters. The Morgan fingerprint density at radius 1 is 1.13 bits per heavy atom. The van der Waals surface area contributed by atoms with Crippen LogP contribution < -0.4 is 20.9 Å². The number of hydrogen-bond donors (Lipinski definition) is 4. The molecule has 1 saturated heterocycles. The van der Waals surface area contributed by atoms with E-state index in [9.17, 15) is 14.7 Å². The Balaban J connectivity index is 1.46. The Bertz CT molecular complexity index is 1460. The number of amides is 2. The third-order valence-electron chi connectivity index (χ3n) is 11.6. The average molecular weight is 648 g/mol. The molecule has 9 nitrogen and oxygen atoms in total. The number of nitrogens with one attached hydrogen (secondary N) is 3. The van der Waals surface area contributed by atoms with E-state index in [0.717, 1.165) is 34.4 Å². The van der Waals surface area contributed by atoms with Gasteiger partial charge in [0.05, 0.1) is 18.8 Å². The quantitative estimate of drug-likeness (QED) is 0.279. The van der Waals surface area contributed by atoms with Crippen LogP contribution in [0.25, 0.3) is 11.1 Å². The Morgan fingerprint density at radius 2 is 1.85 bits per heavy atom. The lowest BCUT2D eigenvalue weighted by atomic mass is 9.45. The molecular weight excluding hydrogens is 590 g/mol. The molecule has 258 valence electrons. The number of aliphatic hydroxyl groups is 1. The summed E-state index contributed by atoms with van der Waals surface area (Å²) in [6.07, 6.45) is 1.14. The largest absolute Gasteiger partial charge is 0.393 e. The smallest absolute Gasteiger partial charge is 0.251 e. The molecular formula is C38H57N5O4. The maximum absolute atomic E-state index is 14.3. The maximum atomic E-state index is 14.3. The molecule has 0 radical (unpaired) electrons. The van der Waals surface area contributed by atoms with Gasteiger partial charge in [-0.05, 0) is 90.3 Å². The summed E-state index contributed by atoms with van der Waals surface area (Å²) in [5.41, 5.74) is 5.88. The van der Waals surface area contributed by atoms with Gasteiger partial charge in [0.15, 0.2) is 0 Å². The van der Waals surface area contributed by atoms with Gasteiger partial charge in [-0.1, -0.05) is 52.8 Å². The summed E-state index contributed by atoms with van der Waals surface area (Å²) in [5.74, 6) is 1.03. The van der Waals surface area contributed by atoms with Crippen molar-refractivity contribution in [3.63, 3.8) is 0 Å². The number of hydrogen-bond acceptors (Lipinski definition) is 7. The number of benzene rings is 2. The van der Waals surface area contributed by atoms with E-state index in [4.69, 9.17) is 4.84 Å². The minimum absolute atomic E-state index is 0.0679. The van der Waals surface area contributed by atoms with Crippen LogP contribution in [0.1, 0.15) is 75.9 Å². The second kappa shape index (κ2) is 13.9. The van der Waals surface area contributed by atoms with Gasteiger partial charge in [0.2, 0.25) is 5.91 Å². The van der Waals surface area contributed by atoms with Gasteiger partial charge < -0.3 is 26.0 Å². The van der Waals surface area contributed by atoms with Crippen LogP contribution in [-0.2, 0) is 16.2 Å². The predicted octanol–water partition coefficient (Wildman–Crippen LogP) is 4.75. The normalized spacial score (nSPS) is 28.9. The van der Waals surface area contributed by atoms with E-state index in [1.807, 2.05) is 42.3 Å². The molecule has 2 aromatic rings. The zero-order valence-corrected chi connectivity index (χ0v) is 30.1. The topological polar surface area (TPSA) is 106 Å². The van der Waals surface area contributed by atoms with Crippen molar-refractivity contribution in [2.45, 2.75) is 98.2 Å². The van der Waals surface area contributed by atoms with Crippen molar-refractivity contribution in [3.05, 3.63) is 53.1 Å². The molecule has 4 N–H and O–H groups in total. The number of carbonyl (C=O) groups is 2. The van der Waals surface area contributed by atoms with E-state index in [-0.39, 0.29) is 30.0 Å². The number of anilines is 1. The van der Waals surface area contributed by atoms with Gasteiger partial charge in [-0.3, -0.25) is 14.4 Å². The molecule has 0 spiro atoms. The van der Waals surface area contributed by atoms with E-state index in [2.05, 4.69) is 75.7 Å². The first kappa shape index (κ1) is 35.3. The van der Waals surface area contributed by atoms with Crippen LogP contribution in [0.5, 0.6) is 0 Å². The summed E-state index contributed by atoms with van der Waals surface area (Å²) >= 11 is 0.